The van der Waals surface area contributed by atoms with E-state index in [4.69, 9.17) is 16.3 Å². The van der Waals surface area contributed by atoms with E-state index < -0.39 is 6.10 Å². The highest BCUT2D eigenvalue weighted by Gasteiger charge is 2.19. The molecule has 1 N–H and O–H groups in total. The number of ether oxygens (including phenoxy) is 1. The van der Waals surface area contributed by atoms with Crippen LogP contribution in [0.25, 0.3) is 5.69 Å². The van der Waals surface area contributed by atoms with Crippen LogP contribution in [0, 0.1) is 6.92 Å². The van der Waals surface area contributed by atoms with Crippen LogP contribution in [-0.4, -0.2) is 21.6 Å². The zero-order valence-electron chi connectivity index (χ0n) is 15.4. The van der Waals surface area contributed by atoms with E-state index >= 15 is 0 Å². The van der Waals surface area contributed by atoms with Crippen LogP contribution in [0.1, 0.15) is 24.7 Å². The highest BCUT2D eigenvalue weighted by molar-refractivity contribution is 6.32. The standard InChI is InChI=1S/C21H22ClN3O2/c1-3-19(27-20-11-7-5-9-17(20)22)21(26)24-14-16-8-4-6-10-18(16)25-13-12-23-15(25)2/h4-13,19H,3,14H2,1-2H3,(H,24,26)/t19-/m1/s1. The van der Waals surface area contributed by atoms with Gasteiger partial charge in [-0.05, 0) is 37.1 Å². The number of aryl methyl sites for hydroxylation is 1. The minimum absolute atomic E-state index is 0.172. The molecule has 6 heteroatoms. The van der Waals surface area contributed by atoms with Crippen molar-refractivity contribution in [3.05, 3.63) is 77.3 Å². The fourth-order valence-electron chi connectivity index (χ4n) is 2.84. The molecule has 1 aromatic heterocycles. The molecule has 0 spiro atoms. The molecule has 5 nitrogen and oxygen atoms in total. The summed E-state index contributed by atoms with van der Waals surface area (Å²) in [5, 5.41) is 3.46. The monoisotopic (exact) mass is 383 g/mol. The molecule has 0 radical (unpaired) electrons. The molecule has 0 aliphatic carbocycles. The summed E-state index contributed by atoms with van der Waals surface area (Å²) in [7, 11) is 0. The Balaban J connectivity index is 1.70. The van der Waals surface area contributed by atoms with Crippen LogP contribution in [0.2, 0.25) is 5.02 Å². The van der Waals surface area contributed by atoms with Crippen LogP contribution < -0.4 is 10.1 Å². The number of para-hydroxylation sites is 2. The van der Waals surface area contributed by atoms with Gasteiger partial charge < -0.3 is 14.6 Å². The summed E-state index contributed by atoms with van der Waals surface area (Å²) in [5.74, 6) is 1.23. The van der Waals surface area contributed by atoms with Gasteiger partial charge in [-0.1, -0.05) is 48.9 Å². The predicted molar refractivity (Wildman–Crippen MR) is 106 cm³/mol. The molecule has 1 amide bonds. The minimum Gasteiger partial charge on any atom is -0.479 e. The van der Waals surface area contributed by atoms with E-state index in [-0.39, 0.29) is 5.91 Å². The molecule has 0 aliphatic heterocycles. The average Bonchev–Trinajstić information content (AvgIpc) is 3.11. The first-order valence-corrected chi connectivity index (χ1v) is 9.25. The van der Waals surface area contributed by atoms with Crippen molar-refractivity contribution in [1.29, 1.82) is 0 Å². The molecule has 0 unspecified atom stereocenters. The second-order valence-corrected chi connectivity index (χ2v) is 6.54. The van der Waals surface area contributed by atoms with Gasteiger partial charge in [0.2, 0.25) is 0 Å². The van der Waals surface area contributed by atoms with E-state index in [1.165, 1.54) is 0 Å². The molecule has 0 saturated carbocycles. The number of carbonyl (C=O) groups excluding carboxylic acids is 1. The van der Waals surface area contributed by atoms with Crippen LogP contribution in [0.5, 0.6) is 5.75 Å². The van der Waals surface area contributed by atoms with E-state index in [1.54, 1.807) is 18.3 Å². The van der Waals surface area contributed by atoms with Gasteiger partial charge in [-0.25, -0.2) is 4.98 Å². The molecule has 2 aromatic carbocycles. The molecule has 0 bridgehead atoms. The third-order valence-corrected chi connectivity index (χ3v) is 4.61. The van der Waals surface area contributed by atoms with E-state index in [9.17, 15) is 4.79 Å². The maximum Gasteiger partial charge on any atom is 0.261 e. The fourth-order valence-corrected chi connectivity index (χ4v) is 3.02. The highest BCUT2D eigenvalue weighted by Crippen LogP contribution is 2.25. The molecule has 1 atom stereocenters. The lowest BCUT2D eigenvalue weighted by Crippen LogP contribution is -2.37. The number of benzene rings is 2. The quantitative estimate of drug-likeness (QED) is 0.661. The molecule has 1 heterocycles. The second kappa shape index (κ2) is 8.73. The molecule has 27 heavy (non-hydrogen) atoms. The predicted octanol–water partition coefficient (Wildman–Crippen LogP) is 4.31. The van der Waals surface area contributed by atoms with Crippen molar-refractivity contribution in [3.8, 4) is 11.4 Å². The van der Waals surface area contributed by atoms with Crippen molar-refractivity contribution in [1.82, 2.24) is 14.9 Å². The van der Waals surface area contributed by atoms with Crippen LogP contribution >= 0.6 is 11.6 Å². The zero-order valence-corrected chi connectivity index (χ0v) is 16.1. The largest absolute Gasteiger partial charge is 0.479 e. The molecular formula is C21H22ClN3O2. The SMILES string of the molecule is CC[C@@H](Oc1ccccc1Cl)C(=O)NCc1ccccc1-n1ccnc1C. The van der Waals surface area contributed by atoms with Crippen molar-refractivity contribution >= 4 is 17.5 Å². The second-order valence-electron chi connectivity index (χ2n) is 6.14. The molecule has 0 fully saturated rings. The Kier molecular flexibility index (Phi) is 6.14. The van der Waals surface area contributed by atoms with Crippen LogP contribution in [0.4, 0.5) is 0 Å². The Morgan fingerprint density at radius 3 is 2.67 bits per heavy atom. The Morgan fingerprint density at radius 1 is 1.22 bits per heavy atom. The summed E-state index contributed by atoms with van der Waals surface area (Å²) >= 11 is 6.13. The summed E-state index contributed by atoms with van der Waals surface area (Å²) < 4.78 is 7.81. The van der Waals surface area contributed by atoms with Gasteiger partial charge in [0, 0.05) is 18.9 Å². The van der Waals surface area contributed by atoms with E-state index in [0.29, 0.717) is 23.7 Å². The Labute approximate surface area is 164 Å². The lowest BCUT2D eigenvalue weighted by atomic mass is 10.1. The van der Waals surface area contributed by atoms with Crippen molar-refractivity contribution in [3.63, 3.8) is 0 Å². The van der Waals surface area contributed by atoms with Gasteiger partial charge in [0.05, 0.1) is 10.7 Å². The number of rotatable bonds is 7. The van der Waals surface area contributed by atoms with Crippen LogP contribution in [-0.2, 0) is 11.3 Å². The maximum absolute atomic E-state index is 12.6. The third-order valence-electron chi connectivity index (χ3n) is 4.30. The van der Waals surface area contributed by atoms with E-state index in [2.05, 4.69) is 10.3 Å². The van der Waals surface area contributed by atoms with Crippen molar-refractivity contribution < 1.29 is 9.53 Å². The molecule has 0 aliphatic rings. The molecule has 3 rings (SSSR count). The van der Waals surface area contributed by atoms with Crippen LogP contribution in [0.3, 0.4) is 0 Å². The van der Waals surface area contributed by atoms with Crippen LogP contribution in [0.15, 0.2) is 60.9 Å². The summed E-state index contributed by atoms with van der Waals surface area (Å²) in [5.41, 5.74) is 1.99. The van der Waals surface area contributed by atoms with Gasteiger partial charge in [-0.2, -0.15) is 0 Å². The summed E-state index contributed by atoms with van der Waals surface area (Å²) in [6.07, 6.45) is 3.60. The lowest BCUT2D eigenvalue weighted by Gasteiger charge is -2.19. The molecular weight excluding hydrogens is 362 g/mol. The number of aromatic nitrogens is 2. The minimum atomic E-state index is -0.605. The first-order chi connectivity index (χ1) is 13.1. The number of nitrogens with zero attached hydrogens (tertiary/aromatic N) is 2. The Hall–Kier alpha value is -2.79. The topological polar surface area (TPSA) is 56.1 Å². The number of imidazole rings is 1. The zero-order chi connectivity index (χ0) is 19.2. The molecule has 0 saturated heterocycles. The highest BCUT2D eigenvalue weighted by atomic mass is 35.5. The Bertz CT molecular complexity index is 923. The van der Waals surface area contributed by atoms with Gasteiger partial charge >= 0.3 is 0 Å². The van der Waals surface area contributed by atoms with Crippen molar-refractivity contribution in [2.75, 3.05) is 0 Å². The number of carbonyl (C=O) groups is 1. The maximum atomic E-state index is 12.6. The third kappa shape index (κ3) is 4.49. The normalized spacial score (nSPS) is 11.8. The smallest absolute Gasteiger partial charge is 0.261 e. The van der Waals surface area contributed by atoms with Gasteiger partial charge in [0.15, 0.2) is 6.10 Å². The van der Waals surface area contributed by atoms with Gasteiger partial charge in [0.1, 0.15) is 11.6 Å². The lowest BCUT2D eigenvalue weighted by molar-refractivity contribution is -0.128. The molecule has 140 valence electrons. The van der Waals surface area contributed by atoms with Gasteiger partial charge in [-0.3, -0.25) is 4.79 Å². The van der Waals surface area contributed by atoms with Gasteiger partial charge in [0.25, 0.3) is 5.91 Å². The Morgan fingerprint density at radius 2 is 1.96 bits per heavy atom. The average molecular weight is 384 g/mol. The summed E-state index contributed by atoms with van der Waals surface area (Å²) in [6, 6.07) is 15.1. The summed E-state index contributed by atoms with van der Waals surface area (Å²) in [6.45, 7) is 4.25. The first-order valence-electron chi connectivity index (χ1n) is 8.87. The van der Waals surface area contributed by atoms with Gasteiger partial charge in [-0.15, -0.1) is 0 Å². The number of hydrogen-bond donors (Lipinski definition) is 1. The summed E-state index contributed by atoms with van der Waals surface area (Å²) in [4.78, 5) is 16.9. The fraction of sp³-hybridized carbons (Fsp3) is 0.238. The van der Waals surface area contributed by atoms with E-state index in [1.807, 2.05) is 61.0 Å². The number of halogens is 1. The number of amides is 1. The first kappa shape index (κ1) is 19.0. The van der Waals surface area contributed by atoms with Crippen molar-refractivity contribution in [2.45, 2.75) is 32.9 Å². The van der Waals surface area contributed by atoms with E-state index in [0.717, 1.165) is 17.1 Å². The van der Waals surface area contributed by atoms with Crippen molar-refractivity contribution in [2.24, 2.45) is 0 Å². The number of hydrogen-bond acceptors (Lipinski definition) is 3. The molecule has 3 aromatic rings. The number of nitrogens with one attached hydrogen (secondary N) is 1.